The summed E-state index contributed by atoms with van der Waals surface area (Å²) in [4.78, 5) is 31.8. The van der Waals surface area contributed by atoms with Crippen molar-refractivity contribution in [3.05, 3.63) is 57.3 Å². The normalized spacial score (nSPS) is 19.4. The van der Waals surface area contributed by atoms with Crippen molar-refractivity contribution in [2.45, 2.75) is 58.4 Å². The molecule has 2 amide bonds. The number of hydrogen-bond acceptors (Lipinski definition) is 3. The van der Waals surface area contributed by atoms with E-state index in [4.69, 9.17) is 0 Å². The summed E-state index contributed by atoms with van der Waals surface area (Å²) in [6.45, 7) is 5.59. The molecule has 1 saturated carbocycles. The number of aryl methyl sites for hydroxylation is 1. The molecule has 1 aromatic carbocycles. The zero-order valence-electron chi connectivity index (χ0n) is 18.1. The standard InChI is InChI=1S/C25H32N2O2S/c1-3-26(25(29)19-10-5-4-6-11-19)17-23(28)27-15-13-22-21(14-16-30-22)24(27)20-12-8-7-9-18(20)2/h7-9,12,14,16,19,24H,3-6,10-11,13,15,17H2,1-2H3. The molecular weight excluding hydrogens is 392 g/mol. The van der Waals surface area contributed by atoms with Gasteiger partial charge < -0.3 is 9.80 Å². The molecule has 1 aliphatic heterocycles. The summed E-state index contributed by atoms with van der Waals surface area (Å²) < 4.78 is 0. The summed E-state index contributed by atoms with van der Waals surface area (Å²) in [5.74, 6) is 0.334. The lowest BCUT2D eigenvalue weighted by Gasteiger charge is -2.38. The lowest BCUT2D eigenvalue weighted by atomic mass is 9.88. The first-order chi connectivity index (χ1) is 14.6. The Labute approximate surface area is 183 Å². The van der Waals surface area contributed by atoms with Gasteiger partial charge in [0.2, 0.25) is 11.8 Å². The van der Waals surface area contributed by atoms with E-state index in [1.165, 1.54) is 28.0 Å². The van der Waals surface area contributed by atoms with Crippen LogP contribution in [0.15, 0.2) is 35.7 Å². The minimum absolute atomic E-state index is 0.0582. The van der Waals surface area contributed by atoms with Gasteiger partial charge in [0.05, 0.1) is 12.6 Å². The lowest BCUT2D eigenvalue weighted by molar-refractivity contribution is -0.144. The van der Waals surface area contributed by atoms with Gasteiger partial charge in [0, 0.05) is 23.9 Å². The third kappa shape index (κ3) is 4.18. The first-order valence-electron chi connectivity index (χ1n) is 11.3. The molecule has 2 aliphatic rings. The van der Waals surface area contributed by atoms with Crippen molar-refractivity contribution < 1.29 is 9.59 Å². The number of rotatable bonds is 5. The van der Waals surface area contributed by atoms with Crippen LogP contribution in [-0.2, 0) is 16.0 Å². The molecule has 1 atom stereocenters. The zero-order chi connectivity index (χ0) is 21.1. The predicted octanol–water partition coefficient (Wildman–Crippen LogP) is 4.96. The van der Waals surface area contributed by atoms with Crippen molar-refractivity contribution in [3.63, 3.8) is 0 Å². The fourth-order valence-corrected chi connectivity index (χ4v) is 5.93. The minimum atomic E-state index is -0.0582. The summed E-state index contributed by atoms with van der Waals surface area (Å²) in [5.41, 5.74) is 3.63. The molecular formula is C25H32N2O2S. The van der Waals surface area contributed by atoms with Crippen LogP contribution in [0.4, 0.5) is 0 Å². The fourth-order valence-electron chi connectivity index (χ4n) is 5.02. The molecule has 160 valence electrons. The van der Waals surface area contributed by atoms with Gasteiger partial charge in [-0.25, -0.2) is 0 Å². The van der Waals surface area contributed by atoms with Gasteiger partial charge >= 0.3 is 0 Å². The molecule has 1 fully saturated rings. The largest absolute Gasteiger partial charge is 0.333 e. The average molecular weight is 425 g/mol. The first-order valence-corrected chi connectivity index (χ1v) is 12.2. The summed E-state index contributed by atoms with van der Waals surface area (Å²) in [5, 5.41) is 2.13. The molecule has 0 bridgehead atoms. The number of hydrogen-bond donors (Lipinski definition) is 0. The number of benzene rings is 1. The van der Waals surface area contributed by atoms with Crippen LogP contribution in [0.2, 0.25) is 0 Å². The van der Waals surface area contributed by atoms with Gasteiger partial charge in [-0.15, -0.1) is 11.3 Å². The van der Waals surface area contributed by atoms with Crippen LogP contribution in [0.3, 0.4) is 0 Å². The van der Waals surface area contributed by atoms with E-state index in [1.54, 1.807) is 16.2 Å². The molecule has 0 saturated heterocycles. The Bertz CT molecular complexity index is 900. The van der Waals surface area contributed by atoms with Crippen molar-refractivity contribution >= 4 is 23.2 Å². The second-order valence-corrected chi connectivity index (χ2v) is 9.58. The summed E-state index contributed by atoms with van der Waals surface area (Å²) in [7, 11) is 0. The van der Waals surface area contributed by atoms with Gasteiger partial charge in [-0.3, -0.25) is 9.59 Å². The second-order valence-electron chi connectivity index (χ2n) is 8.58. The molecule has 1 unspecified atom stereocenters. The van der Waals surface area contributed by atoms with E-state index in [1.807, 2.05) is 17.9 Å². The van der Waals surface area contributed by atoms with Gasteiger partial charge in [0.15, 0.2) is 0 Å². The third-order valence-electron chi connectivity index (χ3n) is 6.74. The molecule has 4 nitrogen and oxygen atoms in total. The Balaban J connectivity index is 1.57. The zero-order valence-corrected chi connectivity index (χ0v) is 18.9. The maximum absolute atomic E-state index is 13.5. The highest BCUT2D eigenvalue weighted by Gasteiger charge is 2.35. The van der Waals surface area contributed by atoms with E-state index < -0.39 is 0 Å². The summed E-state index contributed by atoms with van der Waals surface area (Å²) in [6.07, 6.45) is 6.32. The topological polar surface area (TPSA) is 40.6 Å². The van der Waals surface area contributed by atoms with E-state index in [0.29, 0.717) is 13.1 Å². The van der Waals surface area contributed by atoms with E-state index in [9.17, 15) is 9.59 Å². The lowest BCUT2D eigenvalue weighted by Crippen LogP contribution is -2.48. The number of likely N-dealkylation sites (N-methyl/N-ethyl adjacent to an activating group) is 1. The Morgan fingerprint density at radius 2 is 1.87 bits per heavy atom. The molecule has 4 rings (SSSR count). The van der Waals surface area contributed by atoms with Crippen LogP contribution >= 0.6 is 11.3 Å². The fraction of sp³-hybridized carbons (Fsp3) is 0.520. The van der Waals surface area contributed by atoms with E-state index in [-0.39, 0.29) is 30.3 Å². The van der Waals surface area contributed by atoms with Gasteiger partial charge in [-0.1, -0.05) is 43.5 Å². The van der Waals surface area contributed by atoms with Crippen LogP contribution < -0.4 is 0 Å². The molecule has 2 heterocycles. The van der Waals surface area contributed by atoms with Gasteiger partial charge in [0.1, 0.15) is 0 Å². The number of carbonyl (C=O) groups is 2. The van der Waals surface area contributed by atoms with E-state index >= 15 is 0 Å². The highest BCUT2D eigenvalue weighted by Crippen LogP contribution is 2.39. The first kappa shape index (κ1) is 21.1. The number of nitrogens with zero attached hydrogens (tertiary/aromatic N) is 2. The molecule has 0 N–H and O–H groups in total. The van der Waals surface area contributed by atoms with Crippen LogP contribution in [0.25, 0.3) is 0 Å². The van der Waals surface area contributed by atoms with Gasteiger partial charge in [0.25, 0.3) is 0 Å². The predicted molar refractivity (Wildman–Crippen MR) is 122 cm³/mol. The second kappa shape index (κ2) is 9.34. The maximum atomic E-state index is 13.5. The molecule has 30 heavy (non-hydrogen) atoms. The van der Waals surface area contributed by atoms with E-state index in [2.05, 4.69) is 36.6 Å². The Morgan fingerprint density at radius 1 is 1.10 bits per heavy atom. The molecule has 0 radical (unpaired) electrons. The Hall–Kier alpha value is -2.14. The number of amides is 2. The minimum Gasteiger partial charge on any atom is -0.333 e. The van der Waals surface area contributed by atoms with E-state index in [0.717, 1.165) is 32.1 Å². The maximum Gasteiger partial charge on any atom is 0.242 e. The smallest absolute Gasteiger partial charge is 0.242 e. The van der Waals surface area contributed by atoms with Crippen LogP contribution in [0.1, 0.15) is 66.6 Å². The number of fused-ring (bicyclic) bond motifs is 1. The van der Waals surface area contributed by atoms with Crippen LogP contribution in [0.5, 0.6) is 0 Å². The van der Waals surface area contributed by atoms with Crippen molar-refractivity contribution in [2.75, 3.05) is 19.6 Å². The van der Waals surface area contributed by atoms with Crippen molar-refractivity contribution in [3.8, 4) is 0 Å². The highest BCUT2D eigenvalue weighted by molar-refractivity contribution is 7.10. The van der Waals surface area contributed by atoms with Crippen molar-refractivity contribution in [1.82, 2.24) is 9.80 Å². The van der Waals surface area contributed by atoms with Crippen molar-refractivity contribution in [2.24, 2.45) is 5.92 Å². The molecule has 1 aromatic heterocycles. The molecule has 1 aliphatic carbocycles. The van der Waals surface area contributed by atoms with Gasteiger partial charge in [-0.05, 0) is 61.2 Å². The third-order valence-corrected chi connectivity index (χ3v) is 7.74. The Morgan fingerprint density at radius 3 is 2.60 bits per heavy atom. The monoisotopic (exact) mass is 424 g/mol. The highest BCUT2D eigenvalue weighted by atomic mass is 32.1. The summed E-state index contributed by atoms with van der Waals surface area (Å²) >= 11 is 1.78. The van der Waals surface area contributed by atoms with Crippen molar-refractivity contribution in [1.29, 1.82) is 0 Å². The molecule has 5 heteroatoms. The number of thiophene rings is 1. The molecule has 2 aromatic rings. The van der Waals surface area contributed by atoms with Crippen LogP contribution in [0, 0.1) is 12.8 Å². The Kier molecular flexibility index (Phi) is 6.57. The van der Waals surface area contributed by atoms with Crippen LogP contribution in [-0.4, -0.2) is 41.2 Å². The quantitative estimate of drug-likeness (QED) is 0.681. The average Bonchev–Trinajstić information content (AvgIpc) is 3.26. The SMILES string of the molecule is CCN(CC(=O)N1CCc2sccc2C1c1ccccc1C)C(=O)C1CCCCC1. The van der Waals surface area contributed by atoms with Gasteiger partial charge in [-0.2, -0.15) is 0 Å². The number of carbonyl (C=O) groups excluding carboxylic acids is 2. The molecule has 0 spiro atoms. The summed E-state index contributed by atoms with van der Waals surface area (Å²) in [6, 6.07) is 10.5.